The molecule has 9 atom stereocenters. The lowest BCUT2D eigenvalue weighted by molar-refractivity contribution is -0.189. The molecule has 0 N–H and O–H groups in total. The molecule has 5 rings (SSSR count). The van der Waals surface area contributed by atoms with Crippen molar-refractivity contribution in [1.82, 2.24) is 4.90 Å². The summed E-state index contributed by atoms with van der Waals surface area (Å²) in [5.74, 6) is 3.65. The number of hydrogen-bond donors (Lipinski definition) is 0. The van der Waals surface area contributed by atoms with E-state index >= 15 is 0 Å². The molecule has 1 amide bonds. The van der Waals surface area contributed by atoms with Gasteiger partial charge >= 0.3 is 0 Å². The molecule has 41 heavy (non-hydrogen) atoms. The molecule has 5 aliphatic rings. The summed E-state index contributed by atoms with van der Waals surface area (Å²) in [4.78, 5) is 30.3. The average Bonchev–Trinajstić information content (AvgIpc) is 2.93. The monoisotopic (exact) mass is 565 g/mol. The molecular weight excluding hydrogens is 502 g/mol. The van der Waals surface area contributed by atoms with Crippen molar-refractivity contribution in [2.24, 2.45) is 56.7 Å². The van der Waals surface area contributed by atoms with Gasteiger partial charge in [0, 0.05) is 24.9 Å². The first kappa shape index (κ1) is 31.3. The normalized spacial score (nSPS) is 45.0. The third-order valence-electron chi connectivity index (χ3n) is 15.0. The van der Waals surface area contributed by atoms with Crippen LogP contribution in [0.25, 0.3) is 0 Å². The number of rotatable bonds is 7. The molecule has 232 valence electrons. The summed E-state index contributed by atoms with van der Waals surface area (Å²) in [7, 11) is 0. The quantitative estimate of drug-likeness (QED) is 0.288. The molecule has 0 radical (unpaired) electrons. The van der Waals surface area contributed by atoms with Gasteiger partial charge in [-0.05, 0) is 110 Å². The van der Waals surface area contributed by atoms with E-state index < -0.39 is 0 Å². The highest BCUT2D eigenvalue weighted by atomic mass is 16.2. The highest BCUT2D eigenvalue weighted by Gasteiger charge is 2.69. The van der Waals surface area contributed by atoms with Gasteiger partial charge in [0.15, 0.2) is 0 Å². The van der Waals surface area contributed by atoms with Crippen LogP contribution in [0.3, 0.4) is 0 Å². The van der Waals surface area contributed by atoms with Crippen LogP contribution in [0.4, 0.5) is 0 Å². The topological polar surface area (TPSA) is 37.4 Å². The highest BCUT2D eigenvalue weighted by molar-refractivity contribution is 5.86. The number of Topliss-reactive ketones (excluding diaryl/α,β-unsaturated/α-hetero) is 1. The number of unbranched alkanes of at least 4 members (excludes halogenated alkanes) is 2. The van der Waals surface area contributed by atoms with Crippen molar-refractivity contribution in [2.75, 3.05) is 13.1 Å². The van der Waals surface area contributed by atoms with Crippen molar-refractivity contribution < 1.29 is 9.59 Å². The first-order valence-electron chi connectivity index (χ1n) is 17.8. The Hall–Kier alpha value is -1.12. The Morgan fingerprint density at radius 3 is 2.17 bits per heavy atom. The second-order valence-corrected chi connectivity index (χ2v) is 16.9. The molecule has 4 saturated carbocycles. The predicted octanol–water partition coefficient (Wildman–Crippen LogP) is 9.64. The van der Waals surface area contributed by atoms with Crippen LogP contribution in [0.2, 0.25) is 0 Å². The standard InChI is InChI=1S/C38H63NO2/c1-10-12-24-39(25-13-11-2)33(41)38-21-16-26(3)27(4)32(38)28-14-15-30-35(7)19-18-31(40)34(5,6)29(35)17-20-37(30,9)36(28,8)22-23-38/h14,26-27,29-30,32H,10-13,15-25H2,1-9H3/t26-,27+,29+,30-,32?,35+,36-,37-,38+/m1/s1. The fourth-order valence-corrected chi connectivity index (χ4v) is 12.0. The van der Waals surface area contributed by atoms with Crippen LogP contribution in [0.15, 0.2) is 11.6 Å². The Bertz CT molecular complexity index is 1050. The van der Waals surface area contributed by atoms with Crippen LogP contribution in [0.5, 0.6) is 0 Å². The number of carbonyl (C=O) groups excluding carboxylic acids is 2. The van der Waals surface area contributed by atoms with Crippen molar-refractivity contribution in [2.45, 2.75) is 146 Å². The Morgan fingerprint density at radius 1 is 0.878 bits per heavy atom. The summed E-state index contributed by atoms with van der Waals surface area (Å²) in [6, 6.07) is 0. The average molecular weight is 566 g/mol. The van der Waals surface area contributed by atoms with Gasteiger partial charge in [-0.25, -0.2) is 0 Å². The van der Waals surface area contributed by atoms with E-state index in [2.05, 4.69) is 73.3 Å². The van der Waals surface area contributed by atoms with Crippen molar-refractivity contribution in [1.29, 1.82) is 0 Å². The summed E-state index contributed by atoms with van der Waals surface area (Å²) in [5, 5.41) is 0. The van der Waals surface area contributed by atoms with E-state index in [1.807, 2.05) is 0 Å². The lowest BCUT2D eigenvalue weighted by Gasteiger charge is -2.71. The van der Waals surface area contributed by atoms with Gasteiger partial charge in [-0.15, -0.1) is 0 Å². The Kier molecular flexibility index (Phi) is 8.25. The maximum atomic E-state index is 14.9. The SMILES string of the molecule is CCCCN(CCCC)C(=O)[C@]12CC[C@@H](C)[C@H](C)C1C1=CC[C@@H]3[C@@]4(C)CCC(=O)C(C)(C)[C@@H]4CC[C@@]3(C)[C@]1(C)CC2. The van der Waals surface area contributed by atoms with Crippen LogP contribution >= 0.6 is 0 Å². The van der Waals surface area contributed by atoms with Gasteiger partial charge in [0.2, 0.25) is 5.91 Å². The van der Waals surface area contributed by atoms with E-state index in [9.17, 15) is 9.59 Å². The molecule has 0 bridgehead atoms. The van der Waals surface area contributed by atoms with Gasteiger partial charge in [-0.2, -0.15) is 0 Å². The third-order valence-corrected chi connectivity index (χ3v) is 15.0. The minimum atomic E-state index is -0.220. The van der Waals surface area contributed by atoms with Gasteiger partial charge in [-0.3, -0.25) is 9.59 Å². The fourth-order valence-electron chi connectivity index (χ4n) is 12.0. The smallest absolute Gasteiger partial charge is 0.229 e. The first-order chi connectivity index (χ1) is 19.2. The van der Waals surface area contributed by atoms with Crippen LogP contribution in [0, 0.1) is 56.7 Å². The molecule has 0 aliphatic heterocycles. The first-order valence-corrected chi connectivity index (χ1v) is 17.8. The molecule has 0 spiro atoms. The van der Waals surface area contributed by atoms with Crippen molar-refractivity contribution in [3.63, 3.8) is 0 Å². The molecule has 1 unspecified atom stereocenters. The zero-order chi connectivity index (χ0) is 30.0. The number of hydrogen-bond acceptors (Lipinski definition) is 2. The fraction of sp³-hybridized carbons (Fsp3) is 0.895. The van der Waals surface area contributed by atoms with Crippen molar-refractivity contribution in [3.05, 3.63) is 11.6 Å². The van der Waals surface area contributed by atoms with Crippen LogP contribution in [0.1, 0.15) is 146 Å². The second kappa shape index (κ2) is 10.8. The van der Waals surface area contributed by atoms with Gasteiger partial charge < -0.3 is 4.90 Å². The zero-order valence-corrected chi connectivity index (χ0v) is 28.3. The van der Waals surface area contributed by atoms with Crippen molar-refractivity contribution >= 4 is 11.7 Å². The number of nitrogens with zero attached hydrogens (tertiary/aromatic N) is 1. The van der Waals surface area contributed by atoms with Gasteiger partial charge in [0.25, 0.3) is 0 Å². The molecule has 0 aromatic heterocycles. The number of amides is 1. The molecule has 0 aromatic carbocycles. The number of carbonyl (C=O) groups is 2. The van der Waals surface area contributed by atoms with Crippen LogP contribution in [-0.4, -0.2) is 29.7 Å². The van der Waals surface area contributed by atoms with E-state index in [4.69, 9.17) is 0 Å². The second-order valence-electron chi connectivity index (χ2n) is 16.9. The van der Waals surface area contributed by atoms with E-state index in [0.717, 1.165) is 77.3 Å². The number of fused-ring (bicyclic) bond motifs is 7. The van der Waals surface area contributed by atoms with Crippen molar-refractivity contribution in [3.8, 4) is 0 Å². The Morgan fingerprint density at radius 2 is 1.54 bits per heavy atom. The highest BCUT2D eigenvalue weighted by Crippen LogP contribution is 2.75. The van der Waals surface area contributed by atoms with E-state index in [0.29, 0.717) is 41.3 Å². The number of ketones is 1. The zero-order valence-electron chi connectivity index (χ0n) is 28.3. The summed E-state index contributed by atoms with van der Waals surface area (Å²) in [5.41, 5.74) is 1.81. The van der Waals surface area contributed by atoms with Gasteiger partial charge in [0.1, 0.15) is 5.78 Å². The van der Waals surface area contributed by atoms with Gasteiger partial charge in [-0.1, -0.05) is 86.8 Å². The molecule has 0 aromatic rings. The van der Waals surface area contributed by atoms with Crippen LogP contribution < -0.4 is 0 Å². The predicted molar refractivity (Wildman–Crippen MR) is 170 cm³/mol. The van der Waals surface area contributed by atoms with Gasteiger partial charge in [0.05, 0.1) is 5.41 Å². The molecular formula is C38H63NO2. The molecule has 4 fully saturated rings. The van der Waals surface area contributed by atoms with Crippen LogP contribution in [-0.2, 0) is 9.59 Å². The molecule has 0 heterocycles. The maximum absolute atomic E-state index is 14.9. The number of allylic oxidation sites excluding steroid dienone is 2. The molecule has 5 aliphatic carbocycles. The Balaban J connectivity index is 1.57. The van der Waals surface area contributed by atoms with E-state index in [1.54, 1.807) is 5.57 Å². The molecule has 3 heteroatoms. The lowest BCUT2D eigenvalue weighted by Crippen LogP contribution is -2.65. The minimum Gasteiger partial charge on any atom is -0.342 e. The lowest BCUT2D eigenvalue weighted by atomic mass is 9.33. The maximum Gasteiger partial charge on any atom is 0.229 e. The summed E-state index contributed by atoms with van der Waals surface area (Å²) >= 11 is 0. The van der Waals surface area contributed by atoms with E-state index in [-0.39, 0.29) is 27.1 Å². The summed E-state index contributed by atoms with van der Waals surface area (Å²) in [6.07, 6.45) is 17.0. The summed E-state index contributed by atoms with van der Waals surface area (Å²) in [6.45, 7) is 23.7. The van der Waals surface area contributed by atoms with E-state index in [1.165, 1.54) is 19.3 Å². The third kappa shape index (κ3) is 4.38. The molecule has 0 saturated heterocycles. The minimum absolute atomic E-state index is 0.132. The summed E-state index contributed by atoms with van der Waals surface area (Å²) < 4.78 is 0. The Labute approximate surface area is 253 Å². The largest absolute Gasteiger partial charge is 0.342 e. The molecule has 3 nitrogen and oxygen atoms in total.